The number of rotatable bonds is 4. The molecule has 2 aliphatic rings. The first-order valence-corrected chi connectivity index (χ1v) is 8.57. The number of carbonyl (C=O) groups excluding carboxylic acids is 1. The molecule has 1 aromatic rings. The SMILES string of the molecule is CCC1(CC)CCN(C(=O)c2cccc(C3CC3)c2)CC1. The van der Waals surface area contributed by atoms with Crippen molar-refractivity contribution in [3.8, 4) is 0 Å². The van der Waals surface area contributed by atoms with E-state index in [1.54, 1.807) is 0 Å². The van der Waals surface area contributed by atoms with Crippen LogP contribution in [0, 0.1) is 5.41 Å². The number of piperidine rings is 1. The molecule has 0 unspecified atom stereocenters. The maximum absolute atomic E-state index is 12.7. The Morgan fingerprint density at radius 3 is 2.43 bits per heavy atom. The number of hydrogen-bond donors (Lipinski definition) is 0. The van der Waals surface area contributed by atoms with Crippen molar-refractivity contribution in [2.45, 2.75) is 58.3 Å². The number of likely N-dealkylation sites (tertiary alicyclic amines) is 1. The molecule has 2 heteroatoms. The molecule has 1 heterocycles. The molecule has 1 amide bonds. The van der Waals surface area contributed by atoms with Crippen LogP contribution in [0.5, 0.6) is 0 Å². The second kappa shape index (κ2) is 5.82. The van der Waals surface area contributed by atoms with E-state index in [4.69, 9.17) is 0 Å². The summed E-state index contributed by atoms with van der Waals surface area (Å²) in [5.74, 6) is 0.949. The molecule has 0 N–H and O–H groups in total. The summed E-state index contributed by atoms with van der Waals surface area (Å²) in [5, 5.41) is 0. The third-order valence-corrected chi connectivity index (χ3v) is 5.79. The first-order chi connectivity index (χ1) is 10.2. The van der Waals surface area contributed by atoms with E-state index in [1.807, 2.05) is 12.1 Å². The van der Waals surface area contributed by atoms with E-state index in [0.29, 0.717) is 11.3 Å². The molecule has 0 atom stereocenters. The maximum Gasteiger partial charge on any atom is 0.253 e. The van der Waals surface area contributed by atoms with Crippen molar-refractivity contribution in [2.24, 2.45) is 5.41 Å². The number of amides is 1. The summed E-state index contributed by atoms with van der Waals surface area (Å²) in [7, 11) is 0. The van der Waals surface area contributed by atoms with Crippen LogP contribution in [0.1, 0.15) is 74.2 Å². The summed E-state index contributed by atoms with van der Waals surface area (Å²) in [6, 6.07) is 8.33. The van der Waals surface area contributed by atoms with Crippen LogP contribution in [0.3, 0.4) is 0 Å². The Labute approximate surface area is 128 Å². The van der Waals surface area contributed by atoms with Crippen molar-refractivity contribution < 1.29 is 4.79 Å². The van der Waals surface area contributed by atoms with Crippen LogP contribution in [-0.2, 0) is 0 Å². The van der Waals surface area contributed by atoms with Crippen molar-refractivity contribution >= 4 is 5.91 Å². The average Bonchev–Trinajstić information content (AvgIpc) is 3.39. The van der Waals surface area contributed by atoms with E-state index in [2.05, 4.69) is 30.9 Å². The fraction of sp³-hybridized carbons (Fsp3) is 0.632. The van der Waals surface area contributed by atoms with E-state index in [1.165, 1.54) is 31.2 Å². The highest BCUT2D eigenvalue weighted by atomic mass is 16.2. The molecule has 3 rings (SSSR count). The predicted octanol–water partition coefficient (Wildman–Crippen LogP) is 4.61. The van der Waals surface area contributed by atoms with Crippen molar-refractivity contribution in [1.29, 1.82) is 0 Å². The lowest BCUT2D eigenvalue weighted by Crippen LogP contribution is -2.42. The van der Waals surface area contributed by atoms with Gasteiger partial charge in [-0.05, 0) is 54.7 Å². The smallest absolute Gasteiger partial charge is 0.253 e. The lowest BCUT2D eigenvalue weighted by molar-refractivity contribution is 0.0557. The molecule has 2 nitrogen and oxygen atoms in total. The van der Waals surface area contributed by atoms with Gasteiger partial charge >= 0.3 is 0 Å². The van der Waals surface area contributed by atoms with Gasteiger partial charge in [0.2, 0.25) is 0 Å². The molecular formula is C19H27NO. The quantitative estimate of drug-likeness (QED) is 0.791. The molecule has 0 radical (unpaired) electrons. The molecule has 0 aromatic heterocycles. The Morgan fingerprint density at radius 1 is 1.19 bits per heavy atom. The zero-order valence-corrected chi connectivity index (χ0v) is 13.4. The van der Waals surface area contributed by atoms with Gasteiger partial charge in [-0.15, -0.1) is 0 Å². The Balaban J connectivity index is 1.67. The second-order valence-electron chi connectivity index (χ2n) is 6.90. The Kier molecular flexibility index (Phi) is 4.05. The van der Waals surface area contributed by atoms with Gasteiger partial charge in [0.25, 0.3) is 5.91 Å². The summed E-state index contributed by atoms with van der Waals surface area (Å²) in [5.41, 5.74) is 2.72. The summed E-state index contributed by atoms with van der Waals surface area (Å²) in [6.07, 6.45) is 7.38. The van der Waals surface area contributed by atoms with Gasteiger partial charge in [-0.1, -0.05) is 38.8 Å². The van der Waals surface area contributed by atoms with Crippen LogP contribution in [0.15, 0.2) is 24.3 Å². The van der Waals surface area contributed by atoms with Crippen molar-refractivity contribution in [3.05, 3.63) is 35.4 Å². The van der Waals surface area contributed by atoms with Crippen LogP contribution in [0.25, 0.3) is 0 Å². The van der Waals surface area contributed by atoms with Gasteiger partial charge in [-0.25, -0.2) is 0 Å². The van der Waals surface area contributed by atoms with Crippen LogP contribution in [-0.4, -0.2) is 23.9 Å². The van der Waals surface area contributed by atoms with Gasteiger partial charge in [0.15, 0.2) is 0 Å². The third kappa shape index (κ3) is 3.00. The van der Waals surface area contributed by atoms with Gasteiger partial charge < -0.3 is 4.90 Å². The second-order valence-corrected chi connectivity index (χ2v) is 6.90. The number of hydrogen-bond acceptors (Lipinski definition) is 1. The topological polar surface area (TPSA) is 20.3 Å². The van der Waals surface area contributed by atoms with E-state index in [0.717, 1.165) is 31.5 Å². The van der Waals surface area contributed by atoms with Crippen LogP contribution < -0.4 is 0 Å². The molecule has 21 heavy (non-hydrogen) atoms. The molecule has 0 spiro atoms. The highest BCUT2D eigenvalue weighted by molar-refractivity contribution is 5.94. The summed E-state index contributed by atoms with van der Waals surface area (Å²) in [4.78, 5) is 14.8. The first kappa shape index (κ1) is 14.6. The molecule has 1 saturated carbocycles. The maximum atomic E-state index is 12.7. The normalized spacial score (nSPS) is 21.3. The van der Waals surface area contributed by atoms with Gasteiger partial charge in [0, 0.05) is 18.7 Å². The molecule has 1 aliphatic carbocycles. The first-order valence-electron chi connectivity index (χ1n) is 8.57. The Morgan fingerprint density at radius 2 is 1.86 bits per heavy atom. The molecule has 2 fully saturated rings. The largest absolute Gasteiger partial charge is 0.339 e. The molecule has 0 bridgehead atoms. The van der Waals surface area contributed by atoms with E-state index in [9.17, 15) is 4.79 Å². The monoisotopic (exact) mass is 285 g/mol. The van der Waals surface area contributed by atoms with Gasteiger partial charge in [0.05, 0.1) is 0 Å². The minimum Gasteiger partial charge on any atom is -0.339 e. The summed E-state index contributed by atoms with van der Waals surface area (Å²) < 4.78 is 0. The molecule has 1 aromatic carbocycles. The van der Waals surface area contributed by atoms with Gasteiger partial charge in [-0.2, -0.15) is 0 Å². The highest BCUT2D eigenvalue weighted by Crippen LogP contribution is 2.41. The standard InChI is InChI=1S/C19H27NO/c1-3-19(4-2)10-12-20(13-11-19)18(21)17-7-5-6-16(14-17)15-8-9-15/h5-7,14-15H,3-4,8-13H2,1-2H3. The van der Waals surface area contributed by atoms with Crippen LogP contribution in [0.4, 0.5) is 0 Å². The van der Waals surface area contributed by atoms with Gasteiger partial charge in [-0.3, -0.25) is 4.79 Å². The lowest BCUT2D eigenvalue weighted by Gasteiger charge is -2.41. The fourth-order valence-electron chi connectivity index (χ4n) is 3.67. The summed E-state index contributed by atoms with van der Waals surface area (Å²) >= 11 is 0. The molecular weight excluding hydrogens is 258 g/mol. The third-order valence-electron chi connectivity index (χ3n) is 5.79. The fourth-order valence-corrected chi connectivity index (χ4v) is 3.67. The number of nitrogens with zero attached hydrogens (tertiary/aromatic N) is 1. The van der Waals surface area contributed by atoms with E-state index < -0.39 is 0 Å². The number of carbonyl (C=O) groups is 1. The van der Waals surface area contributed by atoms with Gasteiger partial charge in [0.1, 0.15) is 0 Å². The number of benzene rings is 1. The van der Waals surface area contributed by atoms with Crippen LogP contribution in [0.2, 0.25) is 0 Å². The molecule has 114 valence electrons. The average molecular weight is 285 g/mol. The predicted molar refractivity (Wildman–Crippen MR) is 86.6 cm³/mol. The molecule has 1 saturated heterocycles. The minimum atomic E-state index is 0.235. The van der Waals surface area contributed by atoms with E-state index >= 15 is 0 Å². The summed E-state index contributed by atoms with van der Waals surface area (Å²) in [6.45, 7) is 6.43. The Bertz CT molecular complexity index is 504. The zero-order valence-electron chi connectivity index (χ0n) is 13.4. The Hall–Kier alpha value is -1.31. The minimum absolute atomic E-state index is 0.235. The van der Waals surface area contributed by atoms with Crippen LogP contribution >= 0.6 is 0 Å². The highest BCUT2D eigenvalue weighted by Gasteiger charge is 2.33. The van der Waals surface area contributed by atoms with Crippen molar-refractivity contribution in [2.75, 3.05) is 13.1 Å². The van der Waals surface area contributed by atoms with E-state index in [-0.39, 0.29) is 5.91 Å². The van der Waals surface area contributed by atoms with Crippen molar-refractivity contribution in [3.63, 3.8) is 0 Å². The van der Waals surface area contributed by atoms with Crippen molar-refractivity contribution in [1.82, 2.24) is 4.90 Å². The zero-order chi connectivity index (χ0) is 14.9. The lowest BCUT2D eigenvalue weighted by atomic mass is 9.74. The molecule has 1 aliphatic heterocycles.